The van der Waals surface area contributed by atoms with Gasteiger partial charge in [-0.15, -0.1) is 0 Å². The van der Waals surface area contributed by atoms with Crippen LogP contribution >= 0.6 is 0 Å². The Labute approximate surface area is 217 Å². The predicted molar refractivity (Wildman–Crippen MR) is 139 cm³/mol. The number of H-pyrrole nitrogens is 1. The second-order valence-electron chi connectivity index (χ2n) is 8.83. The van der Waals surface area contributed by atoms with Gasteiger partial charge in [0.05, 0.1) is 0 Å². The molecule has 0 radical (unpaired) electrons. The minimum absolute atomic E-state index is 0.993. The van der Waals surface area contributed by atoms with E-state index in [1.54, 1.807) is 0 Å². The number of nitrogens with zero attached hydrogens (tertiary/aromatic N) is 3. The molecule has 0 atom stereocenters. The first-order valence-corrected chi connectivity index (χ1v) is 13.3. The third-order valence-corrected chi connectivity index (χ3v) is 7.58. The predicted octanol–water partition coefficient (Wildman–Crippen LogP) is 7.14. The van der Waals surface area contributed by atoms with Crippen LogP contribution in [-0.2, 0) is 32.3 Å². The first-order valence-electron chi connectivity index (χ1n) is 12.2. The quantitative estimate of drug-likeness (QED) is 0.171. The molecule has 0 bridgehead atoms. The van der Waals surface area contributed by atoms with Crippen molar-refractivity contribution in [2.45, 2.75) is 39.2 Å². The molecule has 4 nitrogen and oxygen atoms in total. The van der Waals surface area contributed by atoms with E-state index in [-0.39, 0.29) is 0 Å². The van der Waals surface area contributed by atoms with E-state index in [0.717, 1.165) is 37.9 Å². The maximum absolute atomic E-state index is 4.62. The summed E-state index contributed by atoms with van der Waals surface area (Å²) in [6, 6.07) is 31.9. The van der Waals surface area contributed by atoms with E-state index in [0.29, 0.717) is 0 Å². The number of para-hydroxylation sites is 1. The van der Waals surface area contributed by atoms with Crippen molar-refractivity contribution in [1.82, 2.24) is 19.3 Å². The molecule has 5 heteroatoms. The van der Waals surface area contributed by atoms with Crippen molar-refractivity contribution in [1.29, 1.82) is 0 Å². The SMILES string of the molecule is Cc1[nH]nc(CCCCCn2c(-c3ccccc3)cn(-c3ccccc3)[c]2=[Pt])c1-c1ccccc1. The molecule has 180 valence electrons. The Morgan fingerprint density at radius 1 is 0.771 bits per heavy atom. The van der Waals surface area contributed by atoms with Crippen molar-refractivity contribution >= 4 is 0 Å². The normalized spacial score (nSPS) is 11.2. The summed E-state index contributed by atoms with van der Waals surface area (Å²) < 4.78 is 5.98. The van der Waals surface area contributed by atoms with Gasteiger partial charge in [-0.25, -0.2) is 0 Å². The summed E-state index contributed by atoms with van der Waals surface area (Å²) in [5, 5.41) is 7.81. The monoisotopic (exact) mass is 641 g/mol. The van der Waals surface area contributed by atoms with E-state index in [2.05, 4.69) is 143 Å². The third kappa shape index (κ3) is 5.23. The number of benzene rings is 3. The van der Waals surface area contributed by atoms with Gasteiger partial charge in [0.15, 0.2) is 0 Å². The number of unbranched alkanes of at least 4 members (excludes halogenated alkanes) is 2. The Kier molecular flexibility index (Phi) is 7.39. The van der Waals surface area contributed by atoms with Crippen LogP contribution < -0.4 is 0 Å². The summed E-state index contributed by atoms with van der Waals surface area (Å²) in [4.78, 5) is 0. The van der Waals surface area contributed by atoms with Crippen molar-refractivity contribution in [3.8, 4) is 28.1 Å². The van der Waals surface area contributed by atoms with E-state index in [1.165, 1.54) is 37.6 Å². The summed E-state index contributed by atoms with van der Waals surface area (Å²) in [6.07, 6.45) is 6.68. The molecule has 35 heavy (non-hydrogen) atoms. The molecule has 0 unspecified atom stereocenters. The Bertz CT molecular complexity index is 1430. The van der Waals surface area contributed by atoms with Crippen LogP contribution in [0.4, 0.5) is 0 Å². The van der Waals surface area contributed by atoms with Crippen LogP contribution in [0.5, 0.6) is 0 Å². The van der Waals surface area contributed by atoms with Crippen LogP contribution in [-0.4, -0.2) is 19.3 Å². The number of rotatable bonds is 9. The van der Waals surface area contributed by atoms with Crippen LogP contribution in [0, 0.1) is 10.7 Å². The van der Waals surface area contributed by atoms with Gasteiger partial charge in [-0.05, 0) is 0 Å². The third-order valence-electron chi connectivity index (χ3n) is 6.42. The number of nitrogens with one attached hydrogen (secondary N) is 1. The van der Waals surface area contributed by atoms with Gasteiger partial charge in [0.1, 0.15) is 0 Å². The molecule has 3 aromatic carbocycles. The Hall–Kier alpha value is -3.23. The summed E-state index contributed by atoms with van der Waals surface area (Å²) in [5.41, 5.74) is 8.53. The minimum atomic E-state index is 0.993. The fraction of sp³-hybridized carbons (Fsp3) is 0.200. The second-order valence-corrected chi connectivity index (χ2v) is 9.84. The van der Waals surface area contributed by atoms with E-state index < -0.39 is 0 Å². The fourth-order valence-corrected chi connectivity index (χ4v) is 5.63. The van der Waals surface area contributed by atoms with Crippen molar-refractivity contribution in [2.24, 2.45) is 0 Å². The molecule has 0 saturated heterocycles. The van der Waals surface area contributed by atoms with E-state index in [1.807, 2.05) is 0 Å². The van der Waals surface area contributed by atoms with Gasteiger partial charge in [0, 0.05) is 0 Å². The van der Waals surface area contributed by atoms with E-state index in [4.69, 9.17) is 0 Å². The Morgan fingerprint density at radius 3 is 2.09 bits per heavy atom. The molecule has 0 aliphatic rings. The van der Waals surface area contributed by atoms with Crippen molar-refractivity contribution in [2.75, 3.05) is 0 Å². The van der Waals surface area contributed by atoms with Crippen LogP contribution in [0.25, 0.3) is 28.1 Å². The van der Waals surface area contributed by atoms with Crippen LogP contribution in [0.2, 0.25) is 0 Å². The van der Waals surface area contributed by atoms with Gasteiger partial charge in [-0.3, -0.25) is 0 Å². The zero-order chi connectivity index (χ0) is 24.0. The average Bonchev–Trinajstić information content (AvgIpc) is 3.44. The number of aromatic nitrogens is 4. The summed E-state index contributed by atoms with van der Waals surface area (Å²) in [5.74, 6) is 0. The molecular weight excluding hydrogens is 611 g/mol. The van der Waals surface area contributed by atoms with Gasteiger partial charge < -0.3 is 0 Å². The van der Waals surface area contributed by atoms with Crippen molar-refractivity contribution < 1.29 is 19.4 Å². The molecule has 5 rings (SSSR count). The van der Waals surface area contributed by atoms with Gasteiger partial charge in [0.2, 0.25) is 0 Å². The summed E-state index contributed by atoms with van der Waals surface area (Å²) in [6.45, 7) is 3.11. The van der Waals surface area contributed by atoms with Crippen molar-refractivity contribution in [3.63, 3.8) is 0 Å². The van der Waals surface area contributed by atoms with E-state index in [9.17, 15) is 0 Å². The topological polar surface area (TPSA) is 38.5 Å². The van der Waals surface area contributed by atoms with Gasteiger partial charge >= 0.3 is 212 Å². The Morgan fingerprint density at radius 2 is 1.40 bits per heavy atom. The maximum atomic E-state index is 4.62. The van der Waals surface area contributed by atoms with Crippen LogP contribution in [0.1, 0.15) is 30.7 Å². The van der Waals surface area contributed by atoms with Crippen molar-refractivity contribution in [3.05, 3.63) is 112 Å². The second kappa shape index (κ2) is 11.0. The number of hydrogen-bond donors (Lipinski definition) is 1. The first-order chi connectivity index (χ1) is 17.2. The average molecular weight is 642 g/mol. The zero-order valence-electron chi connectivity index (χ0n) is 19.9. The molecule has 2 aromatic heterocycles. The first kappa shape index (κ1) is 23.5. The standard InChI is InChI=1S/C30H30N4.Pt/c1-24-30(26-16-8-3-9-17-26)28(32-31-24)20-12-5-13-21-33-23-34(27-18-10-4-11-19-27)22-29(33)25-14-6-2-7-15-25;/h2-4,6-11,14-19,22H,5,12-13,20-21H2,1H3,(H,31,32);. The van der Waals surface area contributed by atoms with Gasteiger partial charge in [-0.1, -0.05) is 6.07 Å². The summed E-state index contributed by atoms with van der Waals surface area (Å²) in [7, 11) is 0. The van der Waals surface area contributed by atoms with E-state index >= 15 is 0 Å². The molecular formula is C30H30N4Pt. The van der Waals surface area contributed by atoms with Gasteiger partial charge in [0.25, 0.3) is 0 Å². The number of aryl methyl sites for hydroxylation is 2. The molecule has 0 fully saturated rings. The molecule has 0 saturated carbocycles. The molecule has 0 aliphatic heterocycles. The van der Waals surface area contributed by atoms with Crippen LogP contribution in [0.3, 0.4) is 0 Å². The Balaban J connectivity index is 1.29. The molecule has 0 amide bonds. The molecule has 0 aliphatic carbocycles. The summed E-state index contributed by atoms with van der Waals surface area (Å²) >= 11 is 2.47. The van der Waals surface area contributed by atoms with Gasteiger partial charge in [-0.2, -0.15) is 0 Å². The van der Waals surface area contributed by atoms with Crippen LogP contribution in [0.15, 0.2) is 97.2 Å². The number of hydrogen-bond acceptors (Lipinski definition) is 1. The zero-order valence-corrected chi connectivity index (χ0v) is 22.2. The molecule has 2 heterocycles. The molecule has 5 aromatic rings. The molecule has 0 spiro atoms. The number of imidazole rings is 1. The molecule has 1 N–H and O–H groups in total. The number of aromatic amines is 1. The fourth-order valence-electron chi connectivity index (χ4n) is 4.66.